The van der Waals surface area contributed by atoms with E-state index in [1.165, 1.54) is 76.4 Å². The SMILES string of the molecule is CCCCCCCCC[P]c1c(C)cc(C)cc1C. The van der Waals surface area contributed by atoms with Crippen molar-refractivity contribution in [3.8, 4) is 0 Å². The highest BCUT2D eigenvalue weighted by atomic mass is 31.1. The van der Waals surface area contributed by atoms with E-state index in [-0.39, 0.29) is 0 Å². The van der Waals surface area contributed by atoms with E-state index in [0.717, 1.165) is 0 Å². The zero-order valence-corrected chi connectivity index (χ0v) is 14.2. The lowest BCUT2D eigenvalue weighted by Crippen LogP contribution is -2.06. The third kappa shape index (κ3) is 6.57. The summed E-state index contributed by atoms with van der Waals surface area (Å²) in [7, 11) is 1.53. The molecule has 1 heteroatoms. The van der Waals surface area contributed by atoms with Gasteiger partial charge in [-0.25, -0.2) is 0 Å². The third-order valence-corrected chi connectivity index (χ3v) is 5.23. The van der Waals surface area contributed by atoms with Gasteiger partial charge in [0.25, 0.3) is 0 Å². The molecule has 0 unspecified atom stereocenters. The Morgan fingerprint density at radius 2 is 1.32 bits per heavy atom. The summed E-state index contributed by atoms with van der Waals surface area (Å²) >= 11 is 0. The van der Waals surface area contributed by atoms with Crippen molar-refractivity contribution >= 4 is 13.9 Å². The fourth-order valence-electron chi connectivity index (χ4n) is 2.68. The smallest absolute Gasteiger partial charge is 0.0135 e. The molecule has 0 heterocycles. The van der Waals surface area contributed by atoms with Gasteiger partial charge in [0.15, 0.2) is 0 Å². The zero-order chi connectivity index (χ0) is 14.1. The van der Waals surface area contributed by atoms with E-state index in [1.807, 2.05) is 0 Å². The topological polar surface area (TPSA) is 0 Å². The second-order valence-electron chi connectivity index (χ2n) is 5.75. The summed E-state index contributed by atoms with van der Waals surface area (Å²) in [4.78, 5) is 0. The maximum atomic E-state index is 2.32. The Morgan fingerprint density at radius 3 is 1.89 bits per heavy atom. The second-order valence-corrected chi connectivity index (χ2v) is 6.96. The van der Waals surface area contributed by atoms with Gasteiger partial charge in [-0.05, 0) is 58.4 Å². The van der Waals surface area contributed by atoms with Crippen LogP contribution in [0.2, 0.25) is 0 Å². The van der Waals surface area contributed by atoms with Gasteiger partial charge < -0.3 is 0 Å². The quantitative estimate of drug-likeness (QED) is 0.387. The summed E-state index contributed by atoms with van der Waals surface area (Å²) in [5.41, 5.74) is 4.34. The standard InChI is InChI=1S/C18H30P/c1-5-6-7-8-9-10-11-12-19-18-16(3)13-15(2)14-17(18)4/h13-14H,5-12H2,1-4H3. The highest BCUT2D eigenvalue weighted by molar-refractivity contribution is 7.47. The van der Waals surface area contributed by atoms with Crippen LogP contribution >= 0.6 is 8.58 Å². The average molecular weight is 277 g/mol. The third-order valence-electron chi connectivity index (χ3n) is 3.67. The van der Waals surface area contributed by atoms with Crippen LogP contribution in [0.25, 0.3) is 0 Å². The summed E-state index contributed by atoms with van der Waals surface area (Å²) in [5.74, 6) is 0. The molecule has 1 radical (unpaired) electrons. The van der Waals surface area contributed by atoms with Gasteiger partial charge in [0.2, 0.25) is 0 Å². The molecule has 107 valence electrons. The Bertz CT molecular complexity index is 345. The van der Waals surface area contributed by atoms with Gasteiger partial charge in [0.1, 0.15) is 0 Å². The molecule has 0 N–H and O–H groups in total. The van der Waals surface area contributed by atoms with Crippen LogP contribution in [0.5, 0.6) is 0 Å². The van der Waals surface area contributed by atoms with Gasteiger partial charge in [-0.1, -0.05) is 63.1 Å². The fraction of sp³-hybridized carbons (Fsp3) is 0.667. The average Bonchev–Trinajstić information content (AvgIpc) is 2.35. The maximum Gasteiger partial charge on any atom is -0.0135 e. The Balaban J connectivity index is 2.19. The highest BCUT2D eigenvalue weighted by Gasteiger charge is 2.04. The molecule has 0 atom stereocenters. The molecule has 19 heavy (non-hydrogen) atoms. The molecule has 1 rings (SSSR count). The van der Waals surface area contributed by atoms with Crippen molar-refractivity contribution in [2.75, 3.05) is 6.16 Å². The number of aryl methyl sites for hydroxylation is 3. The molecule has 0 aliphatic rings. The molecule has 0 fully saturated rings. The number of unbranched alkanes of at least 4 members (excludes halogenated alkanes) is 6. The fourth-order valence-corrected chi connectivity index (χ4v) is 3.91. The number of rotatable bonds is 9. The summed E-state index contributed by atoms with van der Waals surface area (Å²) < 4.78 is 0. The van der Waals surface area contributed by atoms with Gasteiger partial charge in [-0.3, -0.25) is 0 Å². The summed E-state index contributed by atoms with van der Waals surface area (Å²) in [6.07, 6.45) is 11.2. The van der Waals surface area contributed by atoms with Crippen LogP contribution in [0.15, 0.2) is 12.1 Å². The van der Waals surface area contributed by atoms with Crippen molar-refractivity contribution in [3.63, 3.8) is 0 Å². The summed E-state index contributed by atoms with van der Waals surface area (Å²) in [6, 6.07) is 4.64. The van der Waals surface area contributed by atoms with Gasteiger partial charge in [0, 0.05) is 0 Å². The van der Waals surface area contributed by atoms with Crippen LogP contribution in [0, 0.1) is 20.8 Å². The molecule has 0 aromatic heterocycles. The predicted molar refractivity (Wildman–Crippen MR) is 90.1 cm³/mol. The molecule has 0 saturated carbocycles. The molecule has 0 bridgehead atoms. The zero-order valence-electron chi connectivity index (χ0n) is 13.3. The first-order chi connectivity index (χ1) is 9.15. The molecule has 1 aromatic carbocycles. The normalized spacial score (nSPS) is 11.6. The minimum absolute atomic E-state index is 1.33. The largest absolute Gasteiger partial charge is 0.0654 e. The number of benzene rings is 1. The van der Waals surface area contributed by atoms with Gasteiger partial charge in [0.05, 0.1) is 0 Å². The van der Waals surface area contributed by atoms with E-state index in [2.05, 4.69) is 39.8 Å². The van der Waals surface area contributed by atoms with Crippen molar-refractivity contribution in [1.29, 1.82) is 0 Å². The van der Waals surface area contributed by atoms with Crippen molar-refractivity contribution < 1.29 is 0 Å². The highest BCUT2D eigenvalue weighted by Crippen LogP contribution is 2.20. The Labute approximate surface area is 122 Å². The van der Waals surface area contributed by atoms with Crippen LogP contribution in [-0.2, 0) is 0 Å². The summed E-state index contributed by atoms with van der Waals surface area (Å²) in [6.45, 7) is 8.99. The lowest BCUT2D eigenvalue weighted by atomic mass is 10.1. The van der Waals surface area contributed by atoms with Crippen molar-refractivity contribution in [2.45, 2.75) is 72.6 Å². The molecule has 0 amide bonds. The second kappa shape index (κ2) is 9.54. The molecular weight excluding hydrogens is 247 g/mol. The molecule has 0 nitrogen and oxygen atoms in total. The van der Waals surface area contributed by atoms with E-state index in [4.69, 9.17) is 0 Å². The van der Waals surface area contributed by atoms with Crippen LogP contribution in [-0.4, -0.2) is 6.16 Å². The van der Waals surface area contributed by atoms with Gasteiger partial charge in [-0.15, -0.1) is 0 Å². The van der Waals surface area contributed by atoms with Crippen molar-refractivity contribution in [2.24, 2.45) is 0 Å². The van der Waals surface area contributed by atoms with Gasteiger partial charge in [-0.2, -0.15) is 0 Å². The van der Waals surface area contributed by atoms with E-state index in [1.54, 1.807) is 5.30 Å². The first-order valence-corrected chi connectivity index (χ1v) is 8.98. The Morgan fingerprint density at radius 1 is 0.789 bits per heavy atom. The summed E-state index contributed by atoms with van der Waals surface area (Å²) in [5, 5.41) is 1.57. The first-order valence-electron chi connectivity index (χ1n) is 7.90. The number of hydrogen-bond donors (Lipinski definition) is 0. The van der Waals surface area contributed by atoms with Crippen LogP contribution in [0.4, 0.5) is 0 Å². The molecule has 0 spiro atoms. The van der Waals surface area contributed by atoms with E-state index < -0.39 is 0 Å². The lowest BCUT2D eigenvalue weighted by Gasteiger charge is -2.10. The monoisotopic (exact) mass is 277 g/mol. The minimum atomic E-state index is 1.33. The van der Waals surface area contributed by atoms with E-state index >= 15 is 0 Å². The molecular formula is C18H30P. The van der Waals surface area contributed by atoms with Gasteiger partial charge >= 0.3 is 0 Å². The van der Waals surface area contributed by atoms with Crippen LogP contribution < -0.4 is 5.30 Å². The predicted octanol–water partition coefficient (Wildman–Crippen LogP) is 5.93. The molecule has 0 aliphatic carbocycles. The number of hydrogen-bond acceptors (Lipinski definition) is 0. The van der Waals surface area contributed by atoms with Crippen molar-refractivity contribution in [3.05, 3.63) is 28.8 Å². The molecule has 1 aromatic rings. The van der Waals surface area contributed by atoms with E-state index in [9.17, 15) is 0 Å². The minimum Gasteiger partial charge on any atom is -0.0654 e. The Hall–Kier alpha value is -0.350. The van der Waals surface area contributed by atoms with Crippen LogP contribution in [0.3, 0.4) is 0 Å². The van der Waals surface area contributed by atoms with Crippen molar-refractivity contribution in [1.82, 2.24) is 0 Å². The van der Waals surface area contributed by atoms with E-state index in [0.29, 0.717) is 0 Å². The molecule has 0 saturated heterocycles. The first kappa shape index (κ1) is 16.7. The van der Waals surface area contributed by atoms with Crippen LogP contribution in [0.1, 0.15) is 68.6 Å². The lowest BCUT2D eigenvalue weighted by molar-refractivity contribution is 0.603. The Kier molecular flexibility index (Phi) is 8.38. The maximum absolute atomic E-state index is 2.32. The molecule has 0 aliphatic heterocycles.